The number of carbonyl (C=O) groups is 1. The second kappa shape index (κ2) is 8.18. The van der Waals surface area contributed by atoms with E-state index in [9.17, 15) is 26.7 Å². The first-order valence-electron chi connectivity index (χ1n) is 8.85. The van der Waals surface area contributed by atoms with E-state index in [0.29, 0.717) is 5.52 Å². The summed E-state index contributed by atoms with van der Waals surface area (Å²) in [5.41, 5.74) is -0.107. The average molecular weight is 412 g/mol. The Morgan fingerprint density at radius 2 is 1.90 bits per heavy atom. The van der Waals surface area contributed by atoms with Crippen LogP contribution in [0.3, 0.4) is 0 Å². The highest BCUT2D eigenvalue weighted by Crippen LogP contribution is 2.33. The zero-order valence-electron chi connectivity index (χ0n) is 15.4. The molecule has 0 atom stereocenters. The van der Waals surface area contributed by atoms with Crippen LogP contribution in [0.5, 0.6) is 0 Å². The van der Waals surface area contributed by atoms with Gasteiger partial charge in [0, 0.05) is 23.4 Å². The third kappa shape index (κ3) is 4.72. The summed E-state index contributed by atoms with van der Waals surface area (Å²) in [4.78, 5) is 11.6. The standard InChI is InChI=1S/C20H17F5N2O2/c1-2-29-19(28)8-6-17-15-9-13(20(23,24)25)4-7-18(15)27(26-17)11-12-3-5-14(21)10-16(12)22/h3-5,7,9-10H,2,6,8,11H2,1H3. The highest BCUT2D eigenvalue weighted by Gasteiger charge is 2.31. The number of alkyl halides is 3. The third-order valence-corrected chi connectivity index (χ3v) is 4.36. The minimum atomic E-state index is -4.54. The van der Waals surface area contributed by atoms with Gasteiger partial charge in [0.15, 0.2) is 0 Å². The molecule has 0 saturated heterocycles. The van der Waals surface area contributed by atoms with Gasteiger partial charge < -0.3 is 4.74 Å². The predicted molar refractivity (Wildman–Crippen MR) is 95.1 cm³/mol. The smallest absolute Gasteiger partial charge is 0.416 e. The summed E-state index contributed by atoms with van der Waals surface area (Å²) in [7, 11) is 0. The number of nitrogens with zero attached hydrogens (tertiary/aromatic N) is 2. The van der Waals surface area contributed by atoms with Crippen molar-refractivity contribution in [2.45, 2.75) is 32.5 Å². The molecule has 0 spiro atoms. The van der Waals surface area contributed by atoms with Gasteiger partial charge in [-0.15, -0.1) is 0 Å². The van der Waals surface area contributed by atoms with E-state index in [1.54, 1.807) is 6.92 Å². The Bertz CT molecular complexity index is 1040. The second-order valence-electron chi connectivity index (χ2n) is 6.37. The van der Waals surface area contributed by atoms with Gasteiger partial charge in [0.2, 0.25) is 0 Å². The largest absolute Gasteiger partial charge is 0.466 e. The highest BCUT2D eigenvalue weighted by atomic mass is 19.4. The first kappa shape index (κ1) is 20.8. The molecule has 3 rings (SSSR count). The van der Waals surface area contributed by atoms with E-state index >= 15 is 0 Å². The van der Waals surface area contributed by atoms with Gasteiger partial charge >= 0.3 is 12.1 Å². The maximum absolute atomic E-state index is 14.0. The molecule has 9 heteroatoms. The Hall–Kier alpha value is -2.97. The summed E-state index contributed by atoms with van der Waals surface area (Å²) >= 11 is 0. The van der Waals surface area contributed by atoms with Crippen LogP contribution in [-0.2, 0) is 28.7 Å². The van der Waals surface area contributed by atoms with E-state index in [4.69, 9.17) is 4.74 Å². The van der Waals surface area contributed by atoms with E-state index in [1.165, 1.54) is 16.8 Å². The van der Waals surface area contributed by atoms with Gasteiger partial charge in [-0.1, -0.05) is 6.07 Å². The van der Waals surface area contributed by atoms with Crippen molar-refractivity contribution in [2.75, 3.05) is 6.61 Å². The number of carbonyl (C=O) groups excluding carboxylic acids is 1. The lowest BCUT2D eigenvalue weighted by Gasteiger charge is -2.08. The summed E-state index contributed by atoms with van der Waals surface area (Å²) in [6.45, 7) is 1.73. The van der Waals surface area contributed by atoms with Crippen molar-refractivity contribution in [1.82, 2.24) is 9.78 Å². The van der Waals surface area contributed by atoms with Crippen LogP contribution >= 0.6 is 0 Å². The summed E-state index contributed by atoms with van der Waals surface area (Å²) in [5, 5.41) is 4.50. The Kier molecular flexibility index (Phi) is 5.86. The number of rotatable bonds is 6. The van der Waals surface area contributed by atoms with Crippen molar-refractivity contribution < 1.29 is 31.5 Å². The molecule has 29 heavy (non-hydrogen) atoms. The van der Waals surface area contributed by atoms with Crippen molar-refractivity contribution in [1.29, 1.82) is 0 Å². The maximum atomic E-state index is 14.0. The number of aryl methyl sites for hydroxylation is 1. The number of halogens is 5. The molecule has 4 nitrogen and oxygen atoms in total. The number of aromatic nitrogens is 2. The van der Waals surface area contributed by atoms with E-state index in [1.807, 2.05) is 0 Å². The third-order valence-electron chi connectivity index (χ3n) is 4.36. The van der Waals surface area contributed by atoms with Gasteiger partial charge in [-0.2, -0.15) is 18.3 Å². The lowest BCUT2D eigenvalue weighted by atomic mass is 10.1. The molecule has 1 heterocycles. The van der Waals surface area contributed by atoms with Gasteiger partial charge in [0.25, 0.3) is 0 Å². The molecule has 0 aliphatic carbocycles. The predicted octanol–water partition coefficient (Wildman–Crippen LogP) is 4.88. The van der Waals surface area contributed by atoms with E-state index in [-0.39, 0.29) is 42.6 Å². The molecule has 0 aliphatic rings. The zero-order valence-corrected chi connectivity index (χ0v) is 15.4. The van der Waals surface area contributed by atoms with Crippen LogP contribution in [0.25, 0.3) is 10.9 Å². The molecule has 0 N–H and O–H groups in total. The van der Waals surface area contributed by atoms with Crippen LogP contribution in [0.4, 0.5) is 22.0 Å². The minimum absolute atomic E-state index is 0.0545. The molecule has 3 aromatic rings. The molecule has 0 radical (unpaired) electrons. The van der Waals surface area contributed by atoms with Crippen molar-refractivity contribution in [3.8, 4) is 0 Å². The fourth-order valence-corrected chi connectivity index (χ4v) is 2.99. The minimum Gasteiger partial charge on any atom is -0.466 e. The Morgan fingerprint density at radius 1 is 1.14 bits per heavy atom. The molecule has 0 unspecified atom stereocenters. The number of fused-ring (bicyclic) bond motifs is 1. The molecule has 0 fully saturated rings. The van der Waals surface area contributed by atoms with Crippen LogP contribution in [0.15, 0.2) is 36.4 Å². The zero-order chi connectivity index (χ0) is 21.2. The summed E-state index contributed by atoms with van der Waals surface area (Å²) in [6, 6.07) is 6.19. The lowest BCUT2D eigenvalue weighted by molar-refractivity contribution is -0.143. The molecule has 1 aromatic heterocycles. The number of ether oxygens (including phenoxy) is 1. The lowest BCUT2D eigenvalue weighted by Crippen LogP contribution is -2.07. The van der Waals surface area contributed by atoms with E-state index in [0.717, 1.165) is 24.3 Å². The van der Waals surface area contributed by atoms with Gasteiger partial charge in [0.05, 0.1) is 36.3 Å². The Labute approximate surface area is 162 Å². The van der Waals surface area contributed by atoms with Crippen molar-refractivity contribution in [2.24, 2.45) is 0 Å². The van der Waals surface area contributed by atoms with Crippen molar-refractivity contribution in [3.63, 3.8) is 0 Å². The van der Waals surface area contributed by atoms with Crippen molar-refractivity contribution in [3.05, 3.63) is 64.9 Å². The van der Waals surface area contributed by atoms with E-state index < -0.39 is 29.3 Å². The van der Waals surface area contributed by atoms with E-state index in [2.05, 4.69) is 5.10 Å². The summed E-state index contributed by atoms with van der Waals surface area (Å²) < 4.78 is 72.7. The highest BCUT2D eigenvalue weighted by molar-refractivity contribution is 5.83. The molecule has 2 aromatic carbocycles. The Morgan fingerprint density at radius 3 is 2.55 bits per heavy atom. The number of hydrogen-bond donors (Lipinski definition) is 0. The Balaban J connectivity index is 2.01. The van der Waals surface area contributed by atoms with Gasteiger partial charge in [-0.25, -0.2) is 8.78 Å². The molecular formula is C20H17F5N2O2. The summed E-state index contributed by atoms with van der Waals surface area (Å²) in [6.07, 6.45) is -4.53. The second-order valence-corrected chi connectivity index (χ2v) is 6.37. The average Bonchev–Trinajstić information content (AvgIpc) is 2.99. The van der Waals surface area contributed by atoms with Crippen LogP contribution in [-0.4, -0.2) is 22.4 Å². The first-order chi connectivity index (χ1) is 13.7. The molecule has 0 bridgehead atoms. The number of benzene rings is 2. The monoisotopic (exact) mass is 412 g/mol. The number of hydrogen-bond acceptors (Lipinski definition) is 3. The van der Waals surface area contributed by atoms with Gasteiger partial charge in [-0.05, 0) is 31.2 Å². The number of esters is 1. The van der Waals surface area contributed by atoms with Crippen LogP contribution in [0.1, 0.15) is 30.2 Å². The molecule has 0 saturated carbocycles. The van der Waals surface area contributed by atoms with Crippen LogP contribution in [0, 0.1) is 11.6 Å². The van der Waals surface area contributed by atoms with Crippen molar-refractivity contribution >= 4 is 16.9 Å². The fourth-order valence-electron chi connectivity index (χ4n) is 2.99. The molecule has 0 amide bonds. The maximum Gasteiger partial charge on any atom is 0.416 e. The SMILES string of the molecule is CCOC(=O)CCc1nn(Cc2ccc(F)cc2F)c2ccc(C(F)(F)F)cc12. The normalized spacial score (nSPS) is 11.8. The summed E-state index contributed by atoms with van der Waals surface area (Å²) in [5.74, 6) is -2.01. The van der Waals surface area contributed by atoms with Gasteiger partial charge in [-0.3, -0.25) is 9.48 Å². The first-order valence-corrected chi connectivity index (χ1v) is 8.85. The molecule has 154 valence electrons. The van der Waals surface area contributed by atoms with Crippen LogP contribution in [0.2, 0.25) is 0 Å². The van der Waals surface area contributed by atoms with Crippen LogP contribution < -0.4 is 0 Å². The fraction of sp³-hybridized carbons (Fsp3) is 0.300. The van der Waals surface area contributed by atoms with Gasteiger partial charge in [0.1, 0.15) is 11.6 Å². The quantitative estimate of drug-likeness (QED) is 0.428. The topological polar surface area (TPSA) is 44.1 Å². The molecular weight excluding hydrogens is 395 g/mol. The molecule has 0 aliphatic heterocycles.